The van der Waals surface area contributed by atoms with Crippen LogP contribution < -0.4 is 10.1 Å². The van der Waals surface area contributed by atoms with Gasteiger partial charge in [0.25, 0.3) is 0 Å². The highest BCUT2D eigenvalue weighted by Crippen LogP contribution is 2.40. The van der Waals surface area contributed by atoms with Gasteiger partial charge in [0.05, 0.1) is 6.54 Å². The quantitative estimate of drug-likeness (QED) is 0.684. The molecule has 6 nitrogen and oxygen atoms in total. The van der Waals surface area contributed by atoms with Crippen LogP contribution in [0.5, 0.6) is 5.75 Å². The van der Waals surface area contributed by atoms with Crippen molar-refractivity contribution < 1.29 is 23.5 Å². The van der Waals surface area contributed by atoms with E-state index in [4.69, 9.17) is 4.74 Å². The van der Waals surface area contributed by atoms with Crippen molar-refractivity contribution in [2.45, 2.75) is 51.2 Å². The van der Waals surface area contributed by atoms with E-state index < -0.39 is 6.04 Å². The number of hydrogen-bond acceptors (Lipinski definition) is 4. The maximum Gasteiger partial charge on any atom is 0.242 e. The van der Waals surface area contributed by atoms with Crippen LogP contribution in [0, 0.1) is 11.7 Å². The summed E-state index contributed by atoms with van der Waals surface area (Å²) < 4.78 is 20.6. The number of nitrogens with zero attached hydrogens (tertiary/aromatic N) is 1. The molecule has 2 aliphatic heterocycles. The fraction of sp³-hybridized carbons (Fsp3) is 0.423. The summed E-state index contributed by atoms with van der Waals surface area (Å²) in [5, 5.41) is 2.88. The van der Waals surface area contributed by atoms with Gasteiger partial charge in [-0.3, -0.25) is 14.4 Å². The molecule has 1 saturated carbocycles. The van der Waals surface area contributed by atoms with Gasteiger partial charge in [0.1, 0.15) is 23.7 Å². The summed E-state index contributed by atoms with van der Waals surface area (Å²) in [5.41, 5.74) is 2.82. The predicted octanol–water partition coefficient (Wildman–Crippen LogP) is 3.52. The van der Waals surface area contributed by atoms with E-state index >= 15 is 0 Å². The number of fused-ring (bicyclic) bond motifs is 1. The summed E-state index contributed by atoms with van der Waals surface area (Å²) in [5.74, 6) is 0.205. The molecule has 0 aromatic heterocycles. The van der Waals surface area contributed by atoms with Crippen molar-refractivity contribution in [3.05, 3.63) is 53.3 Å². The Morgan fingerprint density at radius 1 is 1.09 bits per heavy atom. The van der Waals surface area contributed by atoms with Crippen LogP contribution in [0.25, 0.3) is 11.1 Å². The molecule has 0 bridgehead atoms. The lowest BCUT2D eigenvalue weighted by molar-refractivity contribution is -0.137. The van der Waals surface area contributed by atoms with Crippen LogP contribution >= 0.6 is 0 Å². The highest BCUT2D eigenvalue weighted by molar-refractivity contribution is 5.99. The summed E-state index contributed by atoms with van der Waals surface area (Å²) in [6.45, 7) is 2.31. The molecule has 0 radical (unpaired) electrons. The number of halogens is 1. The zero-order valence-corrected chi connectivity index (χ0v) is 18.6. The molecule has 2 aromatic rings. The van der Waals surface area contributed by atoms with Gasteiger partial charge in [0.15, 0.2) is 5.78 Å². The first-order chi connectivity index (χ1) is 15.9. The zero-order chi connectivity index (χ0) is 23.1. The van der Waals surface area contributed by atoms with Crippen molar-refractivity contribution in [1.29, 1.82) is 0 Å². The predicted molar refractivity (Wildman–Crippen MR) is 120 cm³/mol. The van der Waals surface area contributed by atoms with Crippen LogP contribution in [-0.4, -0.2) is 47.7 Å². The molecule has 0 unspecified atom stereocenters. The number of nitrogens with one attached hydrogen (secondary N) is 1. The summed E-state index contributed by atoms with van der Waals surface area (Å²) in [6.07, 6.45) is 3.35. The Balaban J connectivity index is 1.28. The lowest BCUT2D eigenvalue weighted by Gasteiger charge is -2.23. The van der Waals surface area contributed by atoms with Gasteiger partial charge in [-0.15, -0.1) is 0 Å². The molecule has 2 amide bonds. The minimum Gasteiger partial charge on any atom is -0.487 e. The first-order valence-corrected chi connectivity index (χ1v) is 11.6. The van der Waals surface area contributed by atoms with E-state index in [1.165, 1.54) is 13.0 Å². The number of amides is 2. The van der Waals surface area contributed by atoms with Crippen LogP contribution in [0.15, 0.2) is 36.4 Å². The van der Waals surface area contributed by atoms with Crippen LogP contribution in [0.3, 0.4) is 0 Å². The third kappa shape index (κ3) is 4.24. The second-order valence-corrected chi connectivity index (χ2v) is 9.18. The van der Waals surface area contributed by atoms with E-state index in [2.05, 4.69) is 5.32 Å². The molecule has 172 valence electrons. The second-order valence-electron chi connectivity index (χ2n) is 9.18. The number of carbonyl (C=O) groups excluding carboxylic acids is 3. The van der Waals surface area contributed by atoms with Gasteiger partial charge in [-0.25, -0.2) is 4.39 Å². The van der Waals surface area contributed by atoms with Crippen molar-refractivity contribution in [2.24, 2.45) is 5.92 Å². The molecule has 1 aliphatic carbocycles. The van der Waals surface area contributed by atoms with Crippen molar-refractivity contribution in [1.82, 2.24) is 10.2 Å². The van der Waals surface area contributed by atoms with Gasteiger partial charge >= 0.3 is 0 Å². The van der Waals surface area contributed by atoms with Gasteiger partial charge in [-0.2, -0.15) is 0 Å². The second kappa shape index (κ2) is 8.61. The van der Waals surface area contributed by atoms with E-state index in [0.29, 0.717) is 36.3 Å². The minimum atomic E-state index is -0.449. The molecule has 5 rings (SSSR count). The third-order valence-corrected chi connectivity index (χ3v) is 6.81. The number of hydrogen-bond donors (Lipinski definition) is 1. The zero-order valence-electron chi connectivity index (χ0n) is 18.6. The number of benzene rings is 2. The van der Waals surface area contributed by atoms with Gasteiger partial charge in [0, 0.05) is 42.5 Å². The Labute approximate surface area is 192 Å². The Morgan fingerprint density at radius 2 is 1.85 bits per heavy atom. The third-order valence-electron chi connectivity index (χ3n) is 6.81. The number of rotatable bonds is 6. The Kier molecular flexibility index (Phi) is 5.64. The number of likely N-dealkylation sites (tertiary alicyclic amines) is 1. The molecule has 0 spiro atoms. The van der Waals surface area contributed by atoms with E-state index in [9.17, 15) is 18.8 Å². The Hall–Kier alpha value is -3.22. The molecule has 1 N–H and O–H groups in total. The minimum absolute atomic E-state index is 0.103. The van der Waals surface area contributed by atoms with E-state index in [1.807, 2.05) is 24.3 Å². The molecule has 3 aliphatic rings. The summed E-state index contributed by atoms with van der Waals surface area (Å²) >= 11 is 0. The molecule has 7 heteroatoms. The SMILES string of the molecule is CC(=O)N1CCC[C@H]1C(=O)NC[C@@H]1Cc2c(F)ccc(-c3ccc(C(=O)C4CC4)cc3)c2O1. The van der Waals surface area contributed by atoms with Crippen LogP contribution in [-0.2, 0) is 16.0 Å². The molecule has 2 heterocycles. The van der Waals surface area contributed by atoms with Crippen molar-refractivity contribution in [3.63, 3.8) is 0 Å². The number of ketones is 1. The highest BCUT2D eigenvalue weighted by Gasteiger charge is 2.34. The molecule has 2 atom stereocenters. The maximum absolute atomic E-state index is 14.6. The number of ether oxygens (including phenoxy) is 1. The van der Waals surface area contributed by atoms with Gasteiger partial charge in [-0.05, 0) is 43.4 Å². The molecule has 1 saturated heterocycles. The lowest BCUT2D eigenvalue weighted by atomic mass is 9.98. The molecule has 33 heavy (non-hydrogen) atoms. The highest BCUT2D eigenvalue weighted by atomic mass is 19.1. The van der Waals surface area contributed by atoms with E-state index in [0.717, 1.165) is 30.4 Å². The first-order valence-electron chi connectivity index (χ1n) is 11.6. The Bertz CT molecular complexity index is 1110. The largest absolute Gasteiger partial charge is 0.487 e. The molecular formula is C26H27FN2O4. The van der Waals surface area contributed by atoms with Crippen LogP contribution in [0.1, 0.15) is 48.5 Å². The number of Topliss-reactive ketones (excluding diaryl/α,β-unsaturated/α-hetero) is 1. The summed E-state index contributed by atoms with van der Waals surface area (Å²) in [4.78, 5) is 38.2. The average Bonchev–Trinajstić information content (AvgIpc) is 3.37. The normalized spacial score (nSPS) is 21.5. The van der Waals surface area contributed by atoms with Gasteiger partial charge in [0.2, 0.25) is 11.8 Å². The summed E-state index contributed by atoms with van der Waals surface area (Å²) in [7, 11) is 0. The average molecular weight is 451 g/mol. The fourth-order valence-corrected chi connectivity index (χ4v) is 4.85. The van der Waals surface area contributed by atoms with Crippen molar-refractivity contribution in [3.8, 4) is 16.9 Å². The van der Waals surface area contributed by atoms with E-state index in [-0.39, 0.29) is 42.0 Å². The van der Waals surface area contributed by atoms with E-state index in [1.54, 1.807) is 11.0 Å². The summed E-state index contributed by atoms with van der Waals surface area (Å²) in [6, 6.07) is 10.1. The van der Waals surface area contributed by atoms with Crippen LogP contribution in [0.2, 0.25) is 0 Å². The molecule has 2 fully saturated rings. The Morgan fingerprint density at radius 3 is 2.55 bits per heavy atom. The number of carbonyl (C=O) groups is 3. The van der Waals surface area contributed by atoms with Crippen molar-refractivity contribution in [2.75, 3.05) is 13.1 Å². The lowest BCUT2D eigenvalue weighted by Crippen LogP contribution is -2.47. The van der Waals surface area contributed by atoms with Crippen LogP contribution in [0.4, 0.5) is 4.39 Å². The standard InChI is InChI=1S/C26H27FN2O4/c1-15(30)29-12-2-3-23(29)26(32)28-14-19-13-21-22(27)11-10-20(25(21)33-19)16-4-6-17(7-5-16)24(31)18-8-9-18/h4-7,10-11,18-19,23H,2-3,8-9,12-14H2,1H3,(H,28,32)/t19-,23-/m0/s1. The molecule has 2 aromatic carbocycles. The topological polar surface area (TPSA) is 75.7 Å². The monoisotopic (exact) mass is 450 g/mol. The maximum atomic E-state index is 14.6. The fourth-order valence-electron chi connectivity index (χ4n) is 4.85. The smallest absolute Gasteiger partial charge is 0.242 e. The van der Waals surface area contributed by atoms with Gasteiger partial charge in [-0.1, -0.05) is 24.3 Å². The first kappa shape index (κ1) is 21.6. The molecular weight excluding hydrogens is 423 g/mol. The van der Waals surface area contributed by atoms with Crippen molar-refractivity contribution >= 4 is 17.6 Å². The van der Waals surface area contributed by atoms with Gasteiger partial charge < -0.3 is 15.0 Å².